The number of nitrogens with zero attached hydrogens (tertiary/aromatic N) is 2. The SMILES string of the molecule is O=c1[nH]c2cc([N+](=O)[O-])cc(CCn3c(O)ccc3O)c2[nH]c1=O. The van der Waals surface area contributed by atoms with E-state index in [2.05, 4.69) is 9.97 Å². The van der Waals surface area contributed by atoms with Crippen molar-refractivity contribution in [3.8, 4) is 11.8 Å². The van der Waals surface area contributed by atoms with E-state index in [0.717, 1.165) is 6.07 Å². The van der Waals surface area contributed by atoms with Crippen LogP contribution in [-0.4, -0.2) is 29.7 Å². The van der Waals surface area contributed by atoms with Gasteiger partial charge in [0.15, 0.2) is 11.8 Å². The van der Waals surface area contributed by atoms with E-state index in [-0.39, 0.29) is 41.4 Å². The van der Waals surface area contributed by atoms with Crippen LogP contribution in [0.15, 0.2) is 33.9 Å². The van der Waals surface area contributed by atoms with Crippen LogP contribution < -0.4 is 11.1 Å². The van der Waals surface area contributed by atoms with Gasteiger partial charge in [-0.25, -0.2) is 0 Å². The Morgan fingerprint density at radius 3 is 2.33 bits per heavy atom. The Hall–Kier alpha value is -3.56. The van der Waals surface area contributed by atoms with Gasteiger partial charge in [-0.05, 0) is 12.0 Å². The van der Waals surface area contributed by atoms with Gasteiger partial charge in [-0.3, -0.25) is 24.3 Å². The molecule has 0 radical (unpaired) electrons. The minimum Gasteiger partial charge on any atom is -0.494 e. The quantitative estimate of drug-likeness (QED) is 0.311. The predicted molar refractivity (Wildman–Crippen MR) is 83.3 cm³/mol. The summed E-state index contributed by atoms with van der Waals surface area (Å²) in [6, 6.07) is 5.04. The molecule has 10 heteroatoms. The van der Waals surface area contributed by atoms with Crippen LogP contribution in [0.3, 0.4) is 0 Å². The lowest BCUT2D eigenvalue weighted by molar-refractivity contribution is -0.384. The van der Waals surface area contributed by atoms with Crippen LogP contribution in [0.5, 0.6) is 11.8 Å². The van der Waals surface area contributed by atoms with E-state index in [4.69, 9.17) is 0 Å². The summed E-state index contributed by atoms with van der Waals surface area (Å²) in [6.45, 7) is 0.113. The van der Waals surface area contributed by atoms with Crippen LogP contribution in [0.4, 0.5) is 5.69 Å². The average molecular weight is 332 g/mol. The number of rotatable bonds is 4. The van der Waals surface area contributed by atoms with E-state index < -0.39 is 16.0 Å². The lowest BCUT2D eigenvalue weighted by Crippen LogP contribution is -2.29. The first kappa shape index (κ1) is 15.3. The lowest BCUT2D eigenvalue weighted by Gasteiger charge is -2.09. The van der Waals surface area contributed by atoms with Crippen molar-refractivity contribution in [3.63, 3.8) is 0 Å². The fraction of sp³-hybridized carbons (Fsp3) is 0.143. The summed E-state index contributed by atoms with van der Waals surface area (Å²) >= 11 is 0. The van der Waals surface area contributed by atoms with Gasteiger partial charge in [0.2, 0.25) is 0 Å². The number of H-pyrrole nitrogens is 2. The van der Waals surface area contributed by atoms with Gasteiger partial charge in [0.1, 0.15) is 0 Å². The molecule has 0 saturated heterocycles. The smallest absolute Gasteiger partial charge is 0.314 e. The number of aromatic nitrogens is 3. The third-order valence-corrected chi connectivity index (χ3v) is 3.65. The number of aromatic amines is 2. The largest absolute Gasteiger partial charge is 0.494 e. The number of aromatic hydroxyl groups is 2. The van der Waals surface area contributed by atoms with Crippen LogP contribution in [0.2, 0.25) is 0 Å². The molecule has 124 valence electrons. The lowest BCUT2D eigenvalue weighted by atomic mass is 10.1. The number of benzene rings is 1. The molecule has 0 amide bonds. The minimum atomic E-state index is -0.908. The highest BCUT2D eigenvalue weighted by Crippen LogP contribution is 2.25. The topological polar surface area (TPSA) is 154 Å². The summed E-state index contributed by atoms with van der Waals surface area (Å²) in [4.78, 5) is 38.1. The van der Waals surface area contributed by atoms with Crippen LogP contribution in [0, 0.1) is 10.1 Å². The molecule has 0 aliphatic carbocycles. The van der Waals surface area contributed by atoms with Gasteiger partial charge in [0, 0.05) is 30.8 Å². The van der Waals surface area contributed by atoms with Crippen molar-refractivity contribution in [2.45, 2.75) is 13.0 Å². The molecule has 2 heterocycles. The first-order valence-corrected chi connectivity index (χ1v) is 6.88. The molecule has 3 rings (SSSR count). The number of nitro groups is 1. The summed E-state index contributed by atoms with van der Waals surface area (Å²) in [5.74, 6) is -0.326. The highest BCUT2D eigenvalue weighted by Gasteiger charge is 2.15. The highest BCUT2D eigenvalue weighted by molar-refractivity contribution is 5.80. The molecule has 0 spiro atoms. The molecule has 10 nitrogen and oxygen atoms in total. The second-order valence-corrected chi connectivity index (χ2v) is 5.14. The van der Waals surface area contributed by atoms with E-state index in [1.54, 1.807) is 0 Å². The molecule has 2 aromatic heterocycles. The molecule has 24 heavy (non-hydrogen) atoms. The molecular weight excluding hydrogens is 320 g/mol. The van der Waals surface area contributed by atoms with E-state index in [1.807, 2.05) is 0 Å². The van der Waals surface area contributed by atoms with E-state index in [0.29, 0.717) is 5.56 Å². The molecule has 0 aliphatic rings. The average Bonchev–Trinajstić information content (AvgIpc) is 2.85. The van der Waals surface area contributed by atoms with E-state index in [9.17, 15) is 29.9 Å². The Balaban J connectivity index is 2.11. The number of non-ortho nitro benzene ring substituents is 1. The van der Waals surface area contributed by atoms with Crippen molar-refractivity contribution in [2.24, 2.45) is 0 Å². The molecule has 0 saturated carbocycles. The Morgan fingerprint density at radius 1 is 1.08 bits per heavy atom. The van der Waals surface area contributed by atoms with Gasteiger partial charge < -0.3 is 20.2 Å². The zero-order chi connectivity index (χ0) is 17.4. The van der Waals surface area contributed by atoms with Gasteiger partial charge in [0.05, 0.1) is 16.0 Å². The molecular formula is C14H12N4O6. The Kier molecular flexibility index (Phi) is 3.56. The Labute approximate surface area is 132 Å². The number of aryl methyl sites for hydroxylation is 1. The Morgan fingerprint density at radius 2 is 1.71 bits per heavy atom. The van der Waals surface area contributed by atoms with Crippen molar-refractivity contribution in [2.75, 3.05) is 0 Å². The first-order chi connectivity index (χ1) is 11.4. The van der Waals surface area contributed by atoms with E-state index in [1.165, 1.54) is 22.8 Å². The first-order valence-electron chi connectivity index (χ1n) is 6.88. The summed E-state index contributed by atoms with van der Waals surface area (Å²) < 4.78 is 1.20. The molecule has 0 fully saturated rings. The normalized spacial score (nSPS) is 11.0. The maximum Gasteiger partial charge on any atom is 0.314 e. The fourth-order valence-electron chi connectivity index (χ4n) is 2.49. The van der Waals surface area contributed by atoms with Crippen LogP contribution in [-0.2, 0) is 13.0 Å². The minimum absolute atomic E-state index is 0.113. The third-order valence-electron chi connectivity index (χ3n) is 3.65. The summed E-state index contributed by atoms with van der Waals surface area (Å²) in [6.07, 6.45) is 0.163. The van der Waals surface area contributed by atoms with Crippen molar-refractivity contribution in [1.29, 1.82) is 0 Å². The van der Waals surface area contributed by atoms with Crippen LogP contribution >= 0.6 is 0 Å². The molecule has 0 unspecified atom stereocenters. The van der Waals surface area contributed by atoms with Gasteiger partial charge >= 0.3 is 11.1 Å². The predicted octanol–water partition coefficient (Wildman–Crippen LogP) is 0.580. The standard InChI is InChI=1S/C14H12N4O6/c19-10-1-2-11(20)17(10)4-3-7-5-8(18(23)24)6-9-12(7)16-14(22)13(21)15-9/h1-2,5-6,19-20H,3-4H2,(H,15,21)(H,16,22). The van der Waals surface area contributed by atoms with Gasteiger partial charge in [0.25, 0.3) is 5.69 Å². The monoisotopic (exact) mass is 332 g/mol. The second-order valence-electron chi connectivity index (χ2n) is 5.14. The summed E-state index contributed by atoms with van der Waals surface area (Å²) in [5, 5.41) is 30.3. The Bertz CT molecular complexity index is 1040. The number of hydrogen-bond donors (Lipinski definition) is 4. The highest BCUT2D eigenvalue weighted by atomic mass is 16.6. The zero-order valence-electron chi connectivity index (χ0n) is 12.1. The van der Waals surface area contributed by atoms with Gasteiger partial charge in [-0.15, -0.1) is 0 Å². The maximum absolute atomic E-state index is 11.5. The van der Waals surface area contributed by atoms with E-state index >= 15 is 0 Å². The van der Waals surface area contributed by atoms with Crippen LogP contribution in [0.25, 0.3) is 11.0 Å². The van der Waals surface area contributed by atoms with Crippen LogP contribution in [0.1, 0.15) is 5.56 Å². The van der Waals surface area contributed by atoms with Crippen molar-refractivity contribution < 1.29 is 15.1 Å². The number of hydrogen-bond acceptors (Lipinski definition) is 6. The second kappa shape index (κ2) is 5.57. The van der Waals surface area contributed by atoms with Crippen molar-refractivity contribution in [1.82, 2.24) is 14.5 Å². The number of nitro benzene ring substituents is 1. The molecule has 0 aliphatic heterocycles. The van der Waals surface area contributed by atoms with Gasteiger partial charge in [-0.2, -0.15) is 0 Å². The molecule has 4 N–H and O–H groups in total. The fourth-order valence-corrected chi connectivity index (χ4v) is 2.49. The molecule has 1 aromatic carbocycles. The number of nitrogens with one attached hydrogen (secondary N) is 2. The molecule has 0 bridgehead atoms. The van der Waals surface area contributed by atoms with Crippen molar-refractivity contribution >= 4 is 16.7 Å². The molecule has 3 aromatic rings. The molecule has 0 atom stereocenters. The third kappa shape index (κ3) is 2.60. The van der Waals surface area contributed by atoms with Gasteiger partial charge in [-0.1, -0.05) is 0 Å². The van der Waals surface area contributed by atoms with Crippen molar-refractivity contribution in [3.05, 3.63) is 60.7 Å². The number of fused-ring (bicyclic) bond motifs is 1. The summed E-state index contributed by atoms with van der Waals surface area (Å²) in [7, 11) is 0. The summed E-state index contributed by atoms with van der Waals surface area (Å²) in [5.41, 5.74) is -1.25. The zero-order valence-corrected chi connectivity index (χ0v) is 12.1. The maximum atomic E-state index is 11.5.